The smallest absolute Gasteiger partial charge is 0.179 e. The van der Waals surface area contributed by atoms with Gasteiger partial charge in [-0.2, -0.15) is 0 Å². The highest BCUT2D eigenvalue weighted by atomic mass is 28.3. The molecule has 0 saturated heterocycles. The van der Waals surface area contributed by atoms with E-state index in [1.807, 2.05) is 36.4 Å². The van der Waals surface area contributed by atoms with Gasteiger partial charge in [0.05, 0.1) is 16.7 Å². The van der Waals surface area contributed by atoms with E-state index in [1.54, 1.807) is 0 Å². The van der Waals surface area contributed by atoms with Crippen LogP contribution in [0.4, 0.5) is 0 Å². The van der Waals surface area contributed by atoms with E-state index in [0.29, 0.717) is 17.5 Å². The summed E-state index contributed by atoms with van der Waals surface area (Å²) in [5, 5.41) is 7.68. The molecule has 0 saturated carbocycles. The normalized spacial score (nSPS) is 11.6. The standard InChI is InChI=1S/C64H46N4Si/c1-45-21-19-26-48(41-45)50-38-40-60-58(43-50)56-35-17-18-36-59(56)68(60)61-44-51(37-39-57(61)64-66-62(46-22-7-2-8-23-46)65-63(67-64)47-24-9-3-10-25-47)49-27-20-34-55(42-49)69(52-28-11-4-12-29-52,53-30-13-5-14-31-53)54-32-15-6-16-33-54/h2-44H,1H3. The molecule has 0 aliphatic rings. The molecule has 326 valence electrons. The summed E-state index contributed by atoms with van der Waals surface area (Å²) in [5.74, 6) is 1.84. The van der Waals surface area contributed by atoms with E-state index in [-0.39, 0.29) is 0 Å². The molecule has 0 bridgehead atoms. The maximum atomic E-state index is 5.31. The highest BCUT2D eigenvalue weighted by molar-refractivity contribution is 7.19. The molecule has 0 spiro atoms. The molecule has 12 rings (SSSR count). The molecule has 4 nitrogen and oxygen atoms in total. The van der Waals surface area contributed by atoms with E-state index < -0.39 is 8.07 Å². The van der Waals surface area contributed by atoms with Gasteiger partial charge in [-0.25, -0.2) is 15.0 Å². The second kappa shape index (κ2) is 17.8. The van der Waals surface area contributed by atoms with Crippen molar-refractivity contribution in [1.82, 2.24) is 19.5 Å². The van der Waals surface area contributed by atoms with Gasteiger partial charge in [0, 0.05) is 27.5 Å². The van der Waals surface area contributed by atoms with Gasteiger partial charge in [-0.3, -0.25) is 0 Å². The molecule has 0 fully saturated rings. The summed E-state index contributed by atoms with van der Waals surface area (Å²) >= 11 is 0. The summed E-state index contributed by atoms with van der Waals surface area (Å²) in [5.41, 5.74) is 11.8. The van der Waals surface area contributed by atoms with Crippen LogP contribution in [0.2, 0.25) is 0 Å². The number of hydrogen-bond acceptors (Lipinski definition) is 3. The van der Waals surface area contributed by atoms with Gasteiger partial charge in [0.2, 0.25) is 0 Å². The highest BCUT2D eigenvalue weighted by Crippen LogP contribution is 2.40. The SMILES string of the molecule is Cc1cccc(-c2ccc3c(c2)c2ccccc2n3-c2cc(-c3cccc([Si](c4ccccc4)(c4ccccc4)c4ccccc4)c3)ccc2-c2nc(-c3ccccc3)nc(-c3ccccc3)n2)c1. The zero-order valence-corrected chi connectivity index (χ0v) is 39.1. The number of hydrogen-bond donors (Lipinski definition) is 0. The van der Waals surface area contributed by atoms with Crippen LogP contribution >= 0.6 is 0 Å². The fourth-order valence-electron chi connectivity index (χ4n) is 10.2. The average Bonchev–Trinajstić information content (AvgIpc) is 3.76. The quantitative estimate of drug-likeness (QED) is 0.101. The zero-order chi connectivity index (χ0) is 46.2. The van der Waals surface area contributed by atoms with E-state index in [0.717, 1.165) is 44.5 Å². The number of fused-ring (bicyclic) bond motifs is 3. The predicted octanol–water partition coefficient (Wildman–Crippen LogP) is 13.0. The predicted molar refractivity (Wildman–Crippen MR) is 290 cm³/mol. The number of aromatic nitrogens is 4. The van der Waals surface area contributed by atoms with Crippen LogP contribution in [0.15, 0.2) is 261 Å². The summed E-state index contributed by atoms with van der Waals surface area (Å²) < 4.78 is 2.42. The lowest BCUT2D eigenvalue weighted by Gasteiger charge is -2.34. The fourth-order valence-corrected chi connectivity index (χ4v) is 15.0. The molecule has 2 heterocycles. The molecule has 69 heavy (non-hydrogen) atoms. The Hall–Kier alpha value is -8.77. The third-order valence-corrected chi connectivity index (χ3v) is 18.2. The van der Waals surface area contributed by atoms with Gasteiger partial charge in [-0.05, 0) is 80.3 Å². The summed E-state index contributed by atoms with van der Waals surface area (Å²) in [6, 6.07) is 94.3. The van der Waals surface area contributed by atoms with Crippen molar-refractivity contribution in [1.29, 1.82) is 0 Å². The van der Waals surface area contributed by atoms with E-state index in [2.05, 4.69) is 236 Å². The van der Waals surface area contributed by atoms with Crippen molar-refractivity contribution >= 4 is 50.6 Å². The lowest BCUT2D eigenvalue weighted by Crippen LogP contribution is -2.74. The molecule has 10 aromatic carbocycles. The molecule has 0 radical (unpaired) electrons. The zero-order valence-electron chi connectivity index (χ0n) is 38.1. The minimum atomic E-state index is -2.81. The van der Waals surface area contributed by atoms with Crippen LogP contribution in [-0.4, -0.2) is 27.6 Å². The Balaban J connectivity index is 1.13. The molecular weight excluding hydrogens is 853 g/mol. The fraction of sp³-hybridized carbons (Fsp3) is 0.0156. The third-order valence-electron chi connectivity index (χ3n) is 13.5. The number of nitrogens with zero attached hydrogens (tertiary/aromatic N) is 4. The van der Waals surface area contributed by atoms with Crippen molar-refractivity contribution in [3.63, 3.8) is 0 Å². The lowest BCUT2D eigenvalue weighted by molar-refractivity contribution is 1.06. The Morgan fingerprint density at radius 2 is 0.739 bits per heavy atom. The first-order valence-corrected chi connectivity index (χ1v) is 25.5. The molecule has 0 amide bonds. The van der Waals surface area contributed by atoms with E-state index in [1.165, 1.54) is 48.2 Å². The Morgan fingerprint density at radius 3 is 1.33 bits per heavy atom. The maximum absolute atomic E-state index is 5.31. The van der Waals surface area contributed by atoms with Crippen LogP contribution in [0.5, 0.6) is 0 Å². The summed E-state index contributed by atoms with van der Waals surface area (Å²) in [7, 11) is -2.81. The van der Waals surface area contributed by atoms with E-state index in [4.69, 9.17) is 15.0 Å². The molecule has 5 heteroatoms. The van der Waals surface area contributed by atoms with Gasteiger partial charge < -0.3 is 4.57 Å². The van der Waals surface area contributed by atoms with Gasteiger partial charge in [0.25, 0.3) is 0 Å². The van der Waals surface area contributed by atoms with Crippen molar-refractivity contribution in [2.24, 2.45) is 0 Å². The average molecular weight is 899 g/mol. The highest BCUT2D eigenvalue weighted by Gasteiger charge is 2.41. The second-order valence-corrected chi connectivity index (χ2v) is 21.5. The van der Waals surface area contributed by atoms with Crippen molar-refractivity contribution in [3.05, 3.63) is 266 Å². The molecular formula is C64H46N4Si. The number of benzene rings is 10. The van der Waals surface area contributed by atoms with Gasteiger partial charge in [-0.1, -0.05) is 236 Å². The van der Waals surface area contributed by atoms with Crippen LogP contribution in [-0.2, 0) is 0 Å². The minimum Gasteiger partial charge on any atom is -0.308 e. The molecule has 0 unspecified atom stereocenters. The largest absolute Gasteiger partial charge is 0.308 e. The molecule has 0 N–H and O–H groups in total. The first-order valence-electron chi connectivity index (χ1n) is 23.5. The van der Waals surface area contributed by atoms with E-state index in [9.17, 15) is 0 Å². The Bertz CT molecular complexity index is 3620. The Morgan fingerprint density at radius 1 is 0.304 bits per heavy atom. The van der Waals surface area contributed by atoms with Crippen molar-refractivity contribution < 1.29 is 0 Å². The van der Waals surface area contributed by atoms with Crippen LogP contribution < -0.4 is 20.7 Å². The topological polar surface area (TPSA) is 43.6 Å². The number of para-hydroxylation sites is 1. The van der Waals surface area contributed by atoms with Crippen molar-refractivity contribution in [2.75, 3.05) is 0 Å². The second-order valence-electron chi connectivity index (χ2n) is 17.7. The van der Waals surface area contributed by atoms with Crippen LogP contribution in [0.25, 0.3) is 83.9 Å². The van der Waals surface area contributed by atoms with E-state index >= 15 is 0 Å². The van der Waals surface area contributed by atoms with Gasteiger partial charge in [0.15, 0.2) is 25.5 Å². The monoisotopic (exact) mass is 898 g/mol. The Labute approximate surface area is 403 Å². The summed E-state index contributed by atoms with van der Waals surface area (Å²) in [4.78, 5) is 15.7. The molecule has 0 atom stereocenters. The number of rotatable bonds is 10. The minimum absolute atomic E-state index is 0.601. The molecule has 0 aliphatic heterocycles. The first-order chi connectivity index (χ1) is 34.1. The van der Waals surface area contributed by atoms with Crippen molar-refractivity contribution in [2.45, 2.75) is 6.92 Å². The van der Waals surface area contributed by atoms with Gasteiger partial charge in [-0.15, -0.1) is 0 Å². The van der Waals surface area contributed by atoms with Crippen LogP contribution in [0.1, 0.15) is 5.56 Å². The maximum Gasteiger partial charge on any atom is 0.179 e. The molecule has 0 aliphatic carbocycles. The first kappa shape index (κ1) is 41.6. The van der Waals surface area contributed by atoms with Gasteiger partial charge >= 0.3 is 0 Å². The summed E-state index contributed by atoms with van der Waals surface area (Å²) in [6.45, 7) is 2.15. The summed E-state index contributed by atoms with van der Waals surface area (Å²) in [6.07, 6.45) is 0. The molecule has 12 aromatic rings. The van der Waals surface area contributed by atoms with Crippen molar-refractivity contribution in [3.8, 4) is 62.1 Å². The molecule has 2 aromatic heterocycles. The third kappa shape index (κ3) is 7.56. The van der Waals surface area contributed by atoms with Crippen LogP contribution in [0, 0.1) is 6.92 Å². The lowest BCUT2D eigenvalue weighted by atomic mass is 10.0. The van der Waals surface area contributed by atoms with Gasteiger partial charge in [0.1, 0.15) is 0 Å². The number of aryl methyl sites for hydroxylation is 1. The van der Waals surface area contributed by atoms with Crippen LogP contribution in [0.3, 0.4) is 0 Å². The Kier molecular flexibility index (Phi) is 10.7.